The van der Waals surface area contributed by atoms with E-state index in [9.17, 15) is 10.2 Å². The molecule has 15 heavy (non-hydrogen) atoms. The van der Waals surface area contributed by atoms with Crippen molar-refractivity contribution in [1.29, 1.82) is 0 Å². The van der Waals surface area contributed by atoms with Crippen molar-refractivity contribution in [3.63, 3.8) is 0 Å². The van der Waals surface area contributed by atoms with E-state index in [2.05, 4.69) is 0 Å². The lowest BCUT2D eigenvalue weighted by Crippen LogP contribution is -2.49. The predicted molar refractivity (Wildman–Crippen MR) is 59.6 cm³/mol. The molecule has 2 nitrogen and oxygen atoms in total. The summed E-state index contributed by atoms with van der Waals surface area (Å²) in [6.45, 7) is 3.35. The fourth-order valence-corrected chi connectivity index (χ4v) is 2.45. The highest BCUT2D eigenvalue weighted by Crippen LogP contribution is 2.42. The molecule has 0 heterocycles. The first-order chi connectivity index (χ1) is 6.95. The third-order valence-corrected chi connectivity index (χ3v) is 3.46. The number of fused-ring (bicyclic) bond motifs is 1. The average Bonchev–Trinajstić information content (AvgIpc) is 2.17. The Morgan fingerprint density at radius 3 is 2.60 bits per heavy atom. The molecule has 0 saturated heterocycles. The van der Waals surface area contributed by atoms with Crippen LogP contribution in [0.15, 0.2) is 24.3 Å². The zero-order valence-corrected chi connectivity index (χ0v) is 9.33. The van der Waals surface area contributed by atoms with E-state index in [0.29, 0.717) is 6.42 Å². The van der Waals surface area contributed by atoms with Gasteiger partial charge >= 0.3 is 0 Å². The lowest BCUT2D eigenvalue weighted by Gasteiger charge is -2.43. The van der Waals surface area contributed by atoms with Gasteiger partial charge in [-0.1, -0.05) is 24.3 Å². The van der Waals surface area contributed by atoms with E-state index < -0.39 is 11.2 Å². The van der Waals surface area contributed by atoms with Gasteiger partial charge in [0.25, 0.3) is 0 Å². The van der Waals surface area contributed by atoms with Crippen LogP contribution in [0.3, 0.4) is 0 Å². The first-order valence-electron chi connectivity index (χ1n) is 5.48. The predicted octanol–water partition coefficient (Wildman–Crippen LogP) is 1.98. The van der Waals surface area contributed by atoms with Gasteiger partial charge in [0, 0.05) is 0 Å². The van der Waals surface area contributed by atoms with Crippen LogP contribution in [0.2, 0.25) is 0 Å². The zero-order chi connectivity index (χ0) is 11.1. The quantitative estimate of drug-likeness (QED) is 0.737. The molecule has 0 fully saturated rings. The third kappa shape index (κ3) is 1.58. The zero-order valence-electron chi connectivity index (χ0n) is 9.33. The number of hydrogen-bond donors (Lipinski definition) is 2. The van der Waals surface area contributed by atoms with Gasteiger partial charge in [-0.3, -0.25) is 0 Å². The minimum atomic E-state index is -1.10. The highest BCUT2D eigenvalue weighted by Gasteiger charge is 2.45. The van der Waals surface area contributed by atoms with Gasteiger partial charge in [0.2, 0.25) is 0 Å². The molecule has 0 bridgehead atoms. The van der Waals surface area contributed by atoms with E-state index in [0.717, 1.165) is 24.0 Å². The van der Waals surface area contributed by atoms with Gasteiger partial charge < -0.3 is 10.2 Å². The van der Waals surface area contributed by atoms with Gasteiger partial charge in [0.05, 0.1) is 5.60 Å². The molecule has 1 unspecified atom stereocenters. The van der Waals surface area contributed by atoms with Crippen molar-refractivity contribution >= 4 is 0 Å². The number of aryl methyl sites for hydroxylation is 1. The monoisotopic (exact) mass is 206 g/mol. The second kappa shape index (κ2) is 3.32. The Kier molecular flexibility index (Phi) is 2.36. The first kappa shape index (κ1) is 10.7. The largest absolute Gasteiger partial charge is 0.387 e. The molecule has 2 heteroatoms. The fourth-order valence-electron chi connectivity index (χ4n) is 2.45. The summed E-state index contributed by atoms with van der Waals surface area (Å²) in [5.41, 5.74) is -0.136. The molecule has 0 radical (unpaired) electrons. The van der Waals surface area contributed by atoms with Crippen LogP contribution in [0.1, 0.15) is 37.8 Å². The van der Waals surface area contributed by atoms with E-state index in [1.165, 1.54) is 0 Å². The maximum Gasteiger partial charge on any atom is 0.118 e. The van der Waals surface area contributed by atoms with Crippen LogP contribution in [0.4, 0.5) is 0 Å². The summed E-state index contributed by atoms with van der Waals surface area (Å²) in [5, 5.41) is 20.7. The highest BCUT2D eigenvalue weighted by atomic mass is 16.4. The number of rotatable bonds is 1. The minimum Gasteiger partial charge on any atom is -0.387 e. The van der Waals surface area contributed by atoms with E-state index in [4.69, 9.17) is 0 Å². The van der Waals surface area contributed by atoms with Gasteiger partial charge in [0.15, 0.2) is 0 Å². The van der Waals surface area contributed by atoms with Crippen molar-refractivity contribution in [2.75, 3.05) is 0 Å². The molecule has 1 aliphatic carbocycles. The molecular formula is C13H18O2. The summed E-state index contributed by atoms with van der Waals surface area (Å²) in [7, 11) is 0. The van der Waals surface area contributed by atoms with Crippen LogP contribution >= 0.6 is 0 Å². The number of benzene rings is 1. The fraction of sp³-hybridized carbons (Fsp3) is 0.538. The summed E-state index contributed by atoms with van der Waals surface area (Å²) in [4.78, 5) is 0. The Labute approximate surface area is 90.6 Å². The molecule has 1 aromatic carbocycles. The molecule has 0 aliphatic heterocycles. The maximum atomic E-state index is 10.6. The molecule has 2 N–H and O–H groups in total. The molecular weight excluding hydrogens is 188 g/mol. The maximum absolute atomic E-state index is 10.6. The molecule has 0 aromatic heterocycles. The van der Waals surface area contributed by atoms with Crippen molar-refractivity contribution in [3.05, 3.63) is 35.4 Å². The Bertz CT molecular complexity index is 365. The van der Waals surface area contributed by atoms with E-state index in [1.54, 1.807) is 13.8 Å². The minimum absolute atomic E-state index is 0.632. The van der Waals surface area contributed by atoms with Crippen molar-refractivity contribution < 1.29 is 10.2 Å². The van der Waals surface area contributed by atoms with E-state index in [-0.39, 0.29) is 0 Å². The Morgan fingerprint density at radius 1 is 1.27 bits per heavy atom. The molecule has 1 aromatic rings. The van der Waals surface area contributed by atoms with Crippen LogP contribution in [-0.2, 0) is 12.0 Å². The summed E-state index contributed by atoms with van der Waals surface area (Å²) < 4.78 is 0. The van der Waals surface area contributed by atoms with Crippen LogP contribution < -0.4 is 0 Å². The Hall–Kier alpha value is -0.860. The van der Waals surface area contributed by atoms with Gasteiger partial charge in [0.1, 0.15) is 5.60 Å². The van der Waals surface area contributed by atoms with Crippen LogP contribution in [-0.4, -0.2) is 15.8 Å². The van der Waals surface area contributed by atoms with Gasteiger partial charge in [-0.05, 0) is 44.2 Å². The molecule has 0 saturated carbocycles. The third-order valence-electron chi connectivity index (χ3n) is 3.46. The van der Waals surface area contributed by atoms with E-state index in [1.807, 2.05) is 24.3 Å². The smallest absolute Gasteiger partial charge is 0.118 e. The standard InChI is InChI=1S/C13H18O2/c1-12(2,14)13(15)9-5-7-10-6-3-4-8-11(10)13/h3-4,6,8,14-15H,5,7,9H2,1-2H3. The van der Waals surface area contributed by atoms with Gasteiger partial charge in [-0.25, -0.2) is 0 Å². The van der Waals surface area contributed by atoms with Crippen molar-refractivity contribution in [2.45, 2.75) is 44.3 Å². The summed E-state index contributed by atoms with van der Waals surface area (Å²) >= 11 is 0. The first-order valence-corrected chi connectivity index (χ1v) is 5.48. The van der Waals surface area contributed by atoms with Crippen LogP contribution in [0, 0.1) is 0 Å². The molecule has 2 rings (SSSR count). The Morgan fingerprint density at radius 2 is 1.93 bits per heavy atom. The highest BCUT2D eigenvalue weighted by molar-refractivity contribution is 5.36. The number of aliphatic hydroxyl groups is 2. The normalized spacial score (nSPS) is 26.1. The van der Waals surface area contributed by atoms with Gasteiger partial charge in [-0.15, -0.1) is 0 Å². The van der Waals surface area contributed by atoms with E-state index >= 15 is 0 Å². The van der Waals surface area contributed by atoms with Crippen LogP contribution in [0.25, 0.3) is 0 Å². The molecule has 0 amide bonds. The second-order valence-electron chi connectivity index (χ2n) is 4.93. The summed E-state index contributed by atoms with van der Waals surface area (Å²) in [6.07, 6.45) is 2.56. The summed E-state index contributed by atoms with van der Waals surface area (Å²) in [6, 6.07) is 7.85. The number of hydrogen-bond acceptors (Lipinski definition) is 2. The van der Waals surface area contributed by atoms with Gasteiger partial charge in [-0.2, -0.15) is 0 Å². The van der Waals surface area contributed by atoms with Crippen molar-refractivity contribution in [3.8, 4) is 0 Å². The van der Waals surface area contributed by atoms with Crippen LogP contribution in [0.5, 0.6) is 0 Å². The molecule has 1 aliphatic rings. The molecule has 82 valence electrons. The Balaban J connectivity index is 2.55. The lowest BCUT2D eigenvalue weighted by atomic mass is 9.71. The van der Waals surface area contributed by atoms with Crippen molar-refractivity contribution in [1.82, 2.24) is 0 Å². The molecule has 0 spiro atoms. The lowest BCUT2D eigenvalue weighted by molar-refractivity contribution is -0.146. The second-order valence-corrected chi connectivity index (χ2v) is 4.93. The topological polar surface area (TPSA) is 40.5 Å². The van der Waals surface area contributed by atoms with Crippen molar-refractivity contribution in [2.24, 2.45) is 0 Å². The average molecular weight is 206 g/mol. The summed E-state index contributed by atoms with van der Waals surface area (Å²) in [5.74, 6) is 0. The SMILES string of the molecule is CC(C)(O)C1(O)CCCc2ccccc21. The molecule has 1 atom stereocenters.